The highest BCUT2D eigenvalue weighted by atomic mass is 35.5. The molecular weight excluding hydrogens is 313 g/mol. The average molecular weight is 330 g/mol. The summed E-state index contributed by atoms with van der Waals surface area (Å²) in [4.78, 5) is 4.52. The average Bonchev–Trinajstić information content (AvgIpc) is 2.76. The van der Waals surface area contributed by atoms with Crippen LogP contribution in [0.1, 0.15) is 45.1 Å². The molecule has 0 aliphatic heterocycles. The van der Waals surface area contributed by atoms with E-state index in [0.29, 0.717) is 10.0 Å². The monoisotopic (exact) mass is 329 g/mol. The minimum absolute atomic E-state index is 0.0422. The van der Waals surface area contributed by atoms with Gasteiger partial charge < -0.3 is 5.32 Å². The van der Waals surface area contributed by atoms with E-state index in [2.05, 4.69) is 35.4 Å². The Balaban J connectivity index is 2.15. The zero-order chi connectivity index (χ0) is 14.9. The first-order valence-electron chi connectivity index (χ1n) is 6.33. The first-order chi connectivity index (χ1) is 9.27. The number of rotatable bonds is 3. The number of anilines is 1. The lowest BCUT2D eigenvalue weighted by Crippen LogP contribution is -2.13. The van der Waals surface area contributed by atoms with Gasteiger partial charge in [0, 0.05) is 27.0 Å². The van der Waals surface area contributed by atoms with Gasteiger partial charge in [0.2, 0.25) is 5.13 Å². The van der Waals surface area contributed by atoms with Gasteiger partial charge in [-0.1, -0.05) is 50.0 Å². The van der Waals surface area contributed by atoms with E-state index in [1.165, 1.54) is 11.5 Å². The van der Waals surface area contributed by atoms with Crippen LogP contribution in [-0.4, -0.2) is 9.36 Å². The van der Waals surface area contributed by atoms with Crippen LogP contribution < -0.4 is 5.32 Å². The Hall–Kier alpha value is -0.840. The van der Waals surface area contributed by atoms with E-state index in [1.54, 1.807) is 6.07 Å². The van der Waals surface area contributed by atoms with Crippen molar-refractivity contribution in [2.45, 2.75) is 39.2 Å². The zero-order valence-corrected chi connectivity index (χ0v) is 14.2. The molecule has 1 aromatic heterocycles. The molecule has 20 heavy (non-hydrogen) atoms. The lowest BCUT2D eigenvalue weighted by Gasteiger charge is -2.15. The van der Waals surface area contributed by atoms with Crippen molar-refractivity contribution in [3.05, 3.63) is 39.6 Å². The summed E-state index contributed by atoms with van der Waals surface area (Å²) < 4.78 is 4.38. The van der Waals surface area contributed by atoms with E-state index in [9.17, 15) is 0 Å². The minimum atomic E-state index is -0.0441. The predicted molar refractivity (Wildman–Crippen MR) is 87.1 cm³/mol. The van der Waals surface area contributed by atoms with E-state index in [1.807, 2.05) is 19.1 Å². The molecule has 0 amide bonds. The highest BCUT2D eigenvalue weighted by molar-refractivity contribution is 7.09. The molecule has 0 aliphatic rings. The predicted octanol–water partition coefficient (Wildman–Crippen LogP) is 5.32. The van der Waals surface area contributed by atoms with Gasteiger partial charge in [-0.2, -0.15) is 4.37 Å². The smallest absolute Gasteiger partial charge is 0.203 e. The van der Waals surface area contributed by atoms with Crippen molar-refractivity contribution < 1.29 is 0 Å². The summed E-state index contributed by atoms with van der Waals surface area (Å²) in [6.07, 6.45) is 0. The first kappa shape index (κ1) is 15.5. The van der Waals surface area contributed by atoms with Crippen molar-refractivity contribution in [3.63, 3.8) is 0 Å². The van der Waals surface area contributed by atoms with Crippen LogP contribution in [-0.2, 0) is 5.41 Å². The third-order valence-corrected chi connectivity index (χ3v) is 4.07. The SMILES string of the molecule is CC(Nc1nc(C(C)(C)C)ns1)c1ccc(Cl)cc1Cl. The fraction of sp³-hybridized carbons (Fsp3) is 0.429. The van der Waals surface area contributed by atoms with Gasteiger partial charge in [-0.25, -0.2) is 4.98 Å². The number of benzene rings is 1. The zero-order valence-electron chi connectivity index (χ0n) is 11.9. The van der Waals surface area contributed by atoms with Gasteiger partial charge in [-0.15, -0.1) is 0 Å². The van der Waals surface area contributed by atoms with Gasteiger partial charge in [0.15, 0.2) is 0 Å². The maximum Gasteiger partial charge on any atom is 0.203 e. The third-order valence-electron chi connectivity index (χ3n) is 2.87. The Morgan fingerprint density at radius 1 is 1.25 bits per heavy atom. The Bertz CT molecular complexity index is 605. The Morgan fingerprint density at radius 2 is 1.95 bits per heavy atom. The second-order valence-corrected chi connectivity index (χ2v) is 7.30. The molecule has 108 valence electrons. The number of halogens is 2. The summed E-state index contributed by atoms with van der Waals surface area (Å²) in [5, 5.41) is 5.41. The molecule has 2 rings (SSSR count). The third kappa shape index (κ3) is 3.62. The molecule has 0 aliphatic carbocycles. The molecule has 6 heteroatoms. The van der Waals surface area contributed by atoms with Gasteiger partial charge in [-0.05, 0) is 24.6 Å². The van der Waals surface area contributed by atoms with Crippen molar-refractivity contribution in [3.8, 4) is 0 Å². The summed E-state index contributed by atoms with van der Waals surface area (Å²) in [5.74, 6) is 0.847. The molecule has 0 saturated heterocycles. The van der Waals surface area contributed by atoms with Crippen LogP contribution in [0, 0.1) is 0 Å². The van der Waals surface area contributed by atoms with Crippen LogP contribution in [0.15, 0.2) is 18.2 Å². The van der Waals surface area contributed by atoms with Crippen LogP contribution in [0.3, 0.4) is 0 Å². The molecule has 1 N–H and O–H groups in total. The molecule has 3 nitrogen and oxygen atoms in total. The van der Waals surface area contributed by atoms with Crippen molar-refractivity contribution in [1.29, 1.82) is 0 Å². The van der Waals surface area contributed by atoms with Gasteiger partial charge in [-0.3, -0.25) is 0 Å². The highest BCUT2D eigenvalue weighted by Gasteiger charge is 2.20. The second kappa shape index (κ2) is 5.88. The summed E-state index contributed by atoms with van der Waals surface area (Å²) in [7, 11) is 0. The summed E-state index contributed by atoms with van der Waals surface area (Å²) >= 11 is 13.5. The van der Waals surface area contributed by atoms with Crippen LogP contribution in [0.2, 0.25) is 10.0 Å². The number of nitrogens with zero attached hydrogens (tertiary/aromatic N) is 2. The Morgan fingerprint density at radius 3 is 2.50 bits per heavy atom. The largest absolute Gasteiger partial charge is 0.354 e. The quantitative estimate of drug-likeness (QED) is 0.828. The summed E-state index contributed by atoms with van der Waals surface area (Å²) in [6.45, 7) is 8.32. The van der Waals surface area contributed by atoms with Crippen LogP contribution in [0.5, 0.6) is 0 Å². The maximum atomic E-state index is 6.21. The lowest BCUT2D eigenvalue weighted by atomic mass is 9.96. The number of nitrogens with one attached hydrogen (secondary N) is 1. The molecule has 1 aromatic carbocycles. The van der Waals surface area contributed by atoms with Crippen molar-refractivity contribution in [2.75, 3.05) is 5.32 Å². The lowest BCUT2D eigenvalue weighted by molar-refractivity contribution is 0.555. The fourth-order valence-corrected chi connectivity index (χ4v) is 3.12. The van der Waals surface area contributed by atoms with Gasteiger partial charge >= 0.3 is 0 Å². The van der Waals surface area contributed by atoms with E-state index in [0.717, 1.165) is 16.5 Å². The van der Waals surface area contributed by atoms with E-state index in [-0.39, 0.29) is 11.5 Å². The molecule has 1 atom stereocenters. The topological polar surface area (TPSA) is 37.8 Å². The molecular formula is C14H17Cl2N3S. The standard InChI is InChI=1S/C14H17Cl2N3S/c1-8(10-6-5-9(15)7-11(10)16)17-13-18-12(19-20-13)14(2,3)4/h5-8H,1-4H3,(H,17,18,19). The maximum absolute atomic E-state index is 6.21. The van der Waals surface area contributed by atoms with Crippen molar-refractivity contribution in [1.82, 2.24) is 9.36 Å². The Labute approximate surface area is 133 Å². The van der Waals surface area contributed by atoms with Gasteiger partial charge in [0.05, 0.1) is 6.04 Å². The van der Waals surface area contributed by atoms with E-state index < -0.39 is 0 Å². The van der Waals surface area contributed by atoms with Crippen LogP contribution >= 0.6 is 34.7 Å². The summed E-state index contributed by atoms with van der Waals surface area (Å²) in [6, 6.07) is 5.55. The minimum Gasteiger partial charge on any atom is -0.354 e. The first-order valence-corrected chi connectivity index (χ1v) is 7.86. The number of hydrogen-bond donors (Lipinski definition) is 1. The van der Waals surface area contributed by atoms with Gasteiger partial charge in [0.25, 0.3) is 0 Å². The van der Waals surface area contributed by atoms with Crippen molar-refractivity contribution >= 4 is 39.9 Å². The molecule has 0 radical (unpaired) electrons. The number of aromatic nitrogens is 2. The van der Waals surface area contributed by atoms with Gasteiger partial charge in [0.1, 0.15) is 5.82 Å². The fourth-order valence-electron chi connectivity index (χ4n) is 1.70. The molecule has 2 aromatic rings. The van der Waals surface area contributed by atoms with E-state index >= 15 is 0 Å². The highest BCUT2D eigenvalue weighted by Crippen LogP contribution is 2.30. The molecule has 1 heterocycles. The summed E-state index contributed by atoms with van der Waals surface area (Å²) in [5.41, 5.74) is 0.945. The molecule has 1 unspecified atom stereocenters. The van der Waals surface area contributed by atoms with E-state index in [4.69, 9.17) is 23.2 Å². The van der Waals surface area contributed by atoms with Crippen LogP contribution in [0.4, 0.5) is 5.13 Å². The Kier molecular flexibility index (Phi) is 4.57. The van der Waals surface area contributed by atoms with Crippen molar-refractivity contribution in [2.24, 2.45) is 0 Å². The van der Waals surface area contributed by atoms with Crippen LogP contribution in [0.25, 0.3) is 0 Å². The molecule has 0 saturated carbocycles. The normalized spacial score (nSPS) is 13.3. The molecule has 0 spiro atoms. The molecule has 0 bridgehead atoms. The second-order valence-electron chi connectivity index (χ2n) is 5.70. The number of hydrogen-bond acceptors (Lipinski definition) is 4. The molecule has 0 fully saturated rings.